The Kier molecular flexibility index (Phi) is 6.69. The number of amides is 2. The van der Waals surface area contributed by atoms with Gasteiger partial charge < -0.3 is 15.2 Å². The number of nitrogens with zero attached hydrogens (tertiary/aromatic N) is 3. The quantitative estimate of drug-likeness (QED) is 0.600. The van der Waals surface area contributed by atoms with Crippen molar-refractivity contribution >= 4 is 12.0 Å². The van der Waals surface area contributed by atoms with E-state index in [1.165, 1.54) is 15.6 Å². The van der Waals surface area contributed by atoms with Crippen LogP contribution in [-0.2, 0) is 16.1 Å². The normalized spacial score (nSPS) is 18.7. The smallest absolute Gasteiger partial charge is 0.410 e. The highest BCUT2D eigenvalue weighted by Crippen LogP contribution is 2.23. The summed E-state index contributed by atoms with van der Waals surface area (Å²) in [5.74, 6) is -0.910. The van der Waals surface area contributed by atoms with Crippen molar-refractivity contribution in [3.05, 3.63) is 83.9 Å². The van der Waals surface area contributed by atoms with Gasteiger partial charge in [0, 0.05) is 18.8 Å². The van der Waals surface area contributed by atoms with Crippen molar-refractivity contribution in [3.8, 4) is 5.69 Å². The Bertz CT molecular complexity index is 1110. The molecule has 0 radical (unpaired) electrons. The van der Waals surface area contributed by atoms with E-state index in [1.54, 1.807) is 37.5 Å². The molecule has 172 valence electrons. The molecule has 0 aliphatic carbocycles. The van der Waals surface area contributed by atoms with Gasteiger partial charge in [-0.05, 0) is 36.2 Å². The minimum atomic E-state index is -0.876. The van der Waals surface area contributed by atoms with Crippen molar-refractivity contribution in [1.29, 1.82) is 0 Å². The molecule has 2 amide bonds. The largest absolute Gasteiger partial charge is 0.445 e. The molecular formula is C24H25FN4O4. The van der Waals surface area contributed by atoms with E-state index in [0.717, 1.165) is 5.56 Å². The molecule has 1 aliphatic heterocycles. The van der Waals surface area contributed by atoms with Crippen molar-refractivity contribution in [2.24, 2.45) is 0 Å². The summed E-state index contributed by atoms with van der Waals surface area (Å²) in [5, 5.41) is 16.9. The molecule has 1 fully saturated rings. The lowest BCUT2D eigenvalue weighted by molar-refractivity contribution is -0.125. The number of carbonyl (C=O) groups is 2. The lowest BCUT2D eigenvalue weighted by Crippen LogP contribution is -2.46. The first-order chi connectivity index (χ1) is 15.9. The molecule has 9 heteroatoms. The summed E-state index contributed by atoms with van der Waals surface area (Å²) in [5.41, 5.74) is 1.68. The lowest BCUT2D eigenvalue weighted by atomic mass is 10.1. The maximum absolute atomic E-state index is 14.6. The molecule has 3 aromatic rings. The van der Waals surface area contributed by atoms with Gasteiger partial charge in [0.05, 0.1) is 18.7 Å². The van der Waals surface area contributed by atoms with Gasteiger partial charge in [0.1, 0.15) is 24.2 Å². The Hall–Kier alpha value is -3.72. The van der Waals surface area contributed by atoms with Crippen LogP contribution in [-0.4, -0.2) is 50.5 Å². The highest BCUT2D eigenvalue weighted by Gasteiger charge is 2.40. The molecule has 0 unspecified atom stereocenters. The topological polar surface area (TPSA) is 96.7 Å². The van der Waals surface area contributed by atoms with E-state index in [9.17, 15) is 19.1 Å². The van der Waals surface area contributed by atoms with E-state index in [2.05, 4.69) is 10.4 Å². The average Bonchev–Trinajstić information content (AvgIpc) is 3.48. The van der Waals surface area contributed by atoms with Crippen molar-refractivity contribution < 1.29 is 23.8 Å². The van der Waals surface area contributed by atoms with E-state index in [0.29, 0.717) is 11.3 Å². The second kappa shape index (κ2) is 9.83. The summed E-state index contributed by atoms with van der Waals surface area (Å²) in [4.78, 5) is 26.7. The monoisotopic (exact) mass is 452 g/mol. The maximum atomic E-state index is 14.6. The predicted molar refractivity (Wildman–Crippen MR) is 118 cm³/mol. The fourth-order valence-electron chi connectivity index (χ4n) is 3.85. The van der Waals surface area contributed by atoms with Crippen molar-refractivity contribution in [1.82, 2.24) is 20.0 Å². The zero-order chi connectivity index (χ0) is 23.4. The average molecular weight is 452 g/mol. The molecule has 1 aliphatic rings. The van der Waals surface area contributed by atoms with Crippen LogP contribution in [0.2, 0.25) is 0 Å². The molecule has 8 nitrogen and oxygen atoms in total. The molecule has 4 rings (SSSR count). The first kappa shape index (κ1) is 22.5. The Morgan fingerprint density at radius 2 is 2.03 bits per heavy atom. The zero-order valence-electron chi connectivity index (χ0n) is 18.1. The van der Waals surface area contributed by atoms with Crippen LogP contribution in [0.3, 0.4) is 0 Å². The molecule has 1 aromatic heterocycles. The Balaban J connectivity index is 1.39. The number of benzene rings is 2. The number of β-amino-alcohol motifs (C(OH)–C–C–N with tert-alkyl or cyclic N) is 1. The minimum Gasteiger partial charge on any atom is -0.445 e. The second-order valence-electron chi connectivity index (χ2n) is 7.99. The van der Waals surface area contributed by atoms with Crippen LogP contribution in [0.25, 0.3) is 5.69 Å². The molecule has 3 atom stereocenters. The molecule has 0 bridgehead atoms. The summed E-state index contributed by atoms with van der Waals surface area (Å²) in [6, 6.07) is 14.1. The van der Waals surface area contributed by atoms with Crippen LogP contribution in [0.4, 0.5) is 9.18 Å². The Labute approximate surface area is 190 Å². The molecular weight excluding hydrogens is 427 g/mol. The number of hydrogen-bond acceptors (Lipinski definition) is 5. The first-order valence-electron chi connectivity index (χ1n) is 10.7. The van der Waals surface area contributed by atoms with E-state index >= 15 is 0 Å². The van der Waals surface area contributed by atoms with Gasteiger partial charge in [0.25, 0.3) is 0 Å². The van der Waals surface area contributed by atoms with Crippen LogP contribution in [0.15, 0.2) is 67.0 Å². The maximum Gasteiger partial charge on any atom is 0.410 e. The van der Waals surface area contributed by atoms with Gasteiger partial charge in [0.15, 0.2) is 0 Å². The van der Waals surface area contributed by atoms with Crippen molar-refractivity contribution in [3.63, 3.8) is 0 Å². The third kappa shape index (κ3) is 5.20. The van der Waals surface area contributed by atoms with E-state index in [-0.39, 0.29) is 19.6 Å². The summed E-state index contributed by atoms with van der Waals surface area (Å²) in [7, 11) is 0. The van der Waals surface area contributed by atoms with Gasteiger partial charge in [-0.25, -0.2) is 13.9 Å². The zero-order valence-corrected chi connectivity index (χ0v) is 18.1. The molecule has 33 heavy (non-hydrogen) atoms. The number of likely N-dealkylation sites (tertiary alicyclic amines) is 1. The molecule has 1 saturated heterocycles. The second-order valence-corrected chi connectivity index (χ2v) is 7.99. The first-order valence-corrected chi connectivity index (χ1v) is 10.7. The summed E-state index contributed by atoms with van der Waals surface area (Å²) in [6.45, 7) is 1.80. The molecule has 0 saturated carbocycles. The Morgan fingerprint density at radius 3 is 2.73 bits per heavy atom. The van der Waals surface area contributed by atoms with Gasteiger partial charge in [-0.15, -0.1) is 0 Å². The van der Waals surface area contributed by atoms with Crippen molar-refractivity contribution in [2.75, 3.05) is 6.54 Å². The number of aromatic nitrogens is 2. The number of nitrogens with one attached hydrogen (secondary N) is 1. The highest BCUT2D eigenvalue weighted by atomic mass is 19.1. The number of ether oxygens (including phenoxy) is 1. The number of carbonyl (C=O) groups excluding carboxylic acids is 2. The molecule has 2 aromatic carbocycles. The minimum absolute atomic E-state index is 0.00723. The number of aliphatic hydroxyl groups is 1. The SMILES string of the molecule is C[C@@H](NC(=O)[C@@H]1C[C@@H](O)CN1C(=O)OCc1ccccc1)c1ccc(-n2cccn2)c(F)c1. The van der Waals surface area contributed by atoms with E-state index in [1.807, 2.05) is 30.3 Å². The van der Waals surface area contributed by atoms with Gasteiger partial charge >= 0.3 is 6.09 Å². The predicted octanol–water partition coefficient (Wildman–Crippen LogP) is 2.96. The lowest BCUT2D eigenvalue weighted by Gasteiger charge is -2.25. The fraction of sp³-hybridized carbons (Fsp3) is 0.292. The van der Waals surface area contributed by atoms with Crippen LogP contribution >= 0.6 is 0 Å². The van der Waals surface area contributed by atoms with Crippen molar-refractivity contribution in [2.45, 2.75) is 38.1 Å². The van der Waals surface area contributed by atoms with Gasteiger partial charge in [-0.3, -0.25) is 9.69 Å². The third-order valence-electron chi connectivity index (χ3n) is 5.60. The van der Waals surface area contributed by atoms with Gasteiger partial charge in [-0.2, -0.15) is 5.10 Å². The van der Waals surface area contributed by atoms with Crippen LogP contribution in [0, 0.1) is 5.82 Å². The standard InChI is InChI=1S/C24H25FN4O4/c1-16(18-8-9-21(20(25)12-18)29-11-5-10-26-29)27-23(31)22-13-19(30)14-28(22)24(32)33-15-17-6-3-2-4-7-17/h2-12,16,19,22,30H,13-15H2,1H3,(H,27,31)/t16-,19-,22+/m1/s1. The summed E-state index contributed by atoms with van der Waals surface area (Å²) < 4.78 is 21.3. The molecule has 2 heterocycles. The summed E-state index contributed by atoms with van der Waals surface area (Å²) in [6.07, 6.45) is 1.80. The van der Waals surface area contributed by atoms with Gasteiger partial charge in [-0.1, -0.05) is 36.4 Å². The fourth-order valence-corrected chi connectivity index (χ4v) is 3.85. The Morgan fingerprint density at radius 1 is 1.24 bits per heavy atom. The number of halogens is 1. The number of aliphatic hydroxyl groups excluding tert-OH is 1. The number of hydrogen-bond donors (Lipinski definition) is 2. The van der Waals surface area contributed by atoms with E-state index < -0.39 is 36.0 Å². The molecule has 2 N–H and O–H groups in total. The van der Waals surface area contributed by atoms with Crippen LogP contribution in [0.1, 0.15) is 30.5 Å². The third-order valence-corrected chi connectivity index (χ3v) is 5.60. The van der Waals surface area contributed by atoms with Gasteiger partial charge in [0.2, 0.25) is 5.91 Å². The number of rotatable bonds is 6. The van der Waals surface area contributed by atoms with Crippen LogP contribution < -0.4 is 5.32 Å². The van der Waals surface area contributed by atoms with Crippen LogP contribution in [0.5, 0.6) is 0 Å². The molecule has 0 spiro atoms. The highest BCUT2D eigenvalue weighted by molar-refractivity contribution is 5.86. The summed E-state index contributed by atoms with van der Waals surface area (Å²) >= 11 is 0. The van der Waals surface area contributed by atoms with E-state index in [4.69, 9.17) is 4.74 Å².